The summed E-state index contributed by atoms with van der Waals surface area (Å²) in [5, 5.41) is 32.2. The Labute approximate surface area is 141 Å². The van der Waals surface area contributed by atoms with E-state index in [1.54, 1.807) is 0 Å². The number of aryl methyl sites for hydroxylation is 1. The molecule has 0 aliphatic heterocycles. The first-order valence-corrected chi connectivity index (χ1v) is 6.95. The molecule has 0 aromatic heterocycles. The number of carbonyl (C=O) groups excluding carboxylic acids is 1. The molecule has 1 amide bonds. The molecule has 2 aromatic carbocycles. The highest BCUT2D eigenvalue weighted by Gasteiger charge is 2.19. The van der Waals surface area contributed by atoms with Crippen LogP contribution >= 0.6 is 0 Å². The fraction of sp³-hybridized carbons (Fsp3) is 0.125. The highest BCUT2D eigenvalue weighted by atomic mass is 16.6. The van der Waals surface area contributed by atoms with E-state index in [1.165, 1.54) is 32.2 Å². The number of nitrogens with one attached hydrogen (secondary N) is 1. The molecule has 0 heterocycles. The zero-order chi connectivity index (χ0) is 18.7. The Hall–Kier alpha value is -3.62. The van der Waals surface area contributed by atoms with Crippen LogP contribution in [0.3, 0.4) is 0 Å². The van der Waals surface area contributed by atoms with Gasteiger partial charge in [0.15, 0.2) is 5.75 Å². The van der Waals surface area contributed by atoms with Crippen molar-refractivity contribution in [1.82, 2.24) is 0 Å². The van der Waals surface area contributed by atoms with E-state index in [-0.39, 0.29) is 33.8 Å². The van der Waals surface area contributed by atoms with Crippen molar-refractivity contribution < 1.29 is 29.5 Å². The predicted molar refractivity (Wildman–Crippen MR) is 87.4 cm³/mol. The SMILES string of the molecule is COc1ccc(C(=O)Nc2cc(C)c(O)c(C(=O)O)c2)cc1[N+](=O)[O-]. The van der Waals surface area contributed by atoms with Crippen LogP contribution in [0, 0.1) is 17.0 Å². The number of nitrogens with zero attached hydrogens (tertiary/aromatic N) is 1. The second-order valence-corrected chi connectivity index (χ2v) is 5.09. The van der Waals surface area contributed by atoms with Gasteiger partial charge in [0.25, 0.3) is 5.91 Å². The smallest absolute Gasteiger partial charge is 0.339 e. The molecule has 9 heteroatoms. The largest absolute Gasteiger partial charge is 0.507 e. The van der Waals surface area contributed by atoms with Crippen LogP contribution in [0.15, 0.2) is 30.3 Å². The lowest BCUT2D eigenvalue weighted by molar-refractivity contribution is -0.385. The zero-order valence-electron chi connectivity index (χ0n) is 13.3. The second-order valence-electron chi connectivity index (χ2n) is 5.09. The summed E-state index contributed by atoms with van der Waals surface area (Å²) in [6.45, 7) is 1.48. The minimum Gasteiger partial charge on any atom is -0.507 e. The van der Waals surface area contributed by atoms with Crippen LogP contribution in [-0.4, -0.2) is 34.1 Å². The summed E-state index contributed by atoms with van der Waals surface area (Å²) in [5.74, 6) is -2.41. The average Bonchev–Trinajstić information content (AvgIpc) is 2.56. The van der Waals surface area contributed by atoms with Crippen LogP contribution in [0.5, 0.6) is 11.5 Å². The number of anilines is 1. The molecule has 0 radical (unpaired) electrons. The molecule has 0 saturated heterocycles. The third kappa shape index (κ3) is 3.66. The Morgan fingerprint density at radius 1 is 1.24 bits per heavy atom. The maximum Gasteiger partial charge on any atom is 0.339 e. The van der Waals surface area contributed by atoms with Crippen molar-refractivity contribution in [3.8, 4) is 11.5 Å². The highest BCUT2D eigenvalue weighted by Crippen LogP contribution is 2.29. The number of nitro benzene ring substituents is 1. The van der Waals surface area contributed by atoms with Gasteiger partial charge in [-0.25, -0.2) is 4.79 Å². The third-order valence-corrected chi connectivity index (χ3v) is 3.43. The van der Waals surface area contributed by atoms with E-state index in [0.29, 0.717) is 0 Å². The first kappa shape index (κ1) is 17.7. The van der Waals surface area contributed by atoms with Crippen molar-refractivity contribution in [2.75, 3.05) is 12.4 Å². The van der Waals surface area contributed by atoms with Gasteiger partial charge in [-0.3, -0.25) is 14.9 Å². The van der Waals surface area contributed by atoms with Crippen LogP contribution in [0.1, 0.15) is 26.3 Å². The lowest BCUT2D eigenvalue weighted by Crippen LogP contribution is -2.13. The molecule has 3 N–H and O–H groups in total. The molecule has 0 saturated carbocycles. The van der Waals surface area contributed by atoms with Gasteiger partial charge >= 0.3 is 11.7 Å². The van der Waals surface area contributed by atoms with Gasteiger partial charge < -0.3 is 20.3 Å². The Kier molecular flexibility index (Phi) is 4.87. The van der Waals surface area contributed by atoms with Gasteiger partial charge in [-0.2, -0.15) is 0 Å². The molecule has 0 fully saturated rings. The van der Waals surface area contributed by atoms with Gasteiger partial charge in [0, 0.05) is 17.3 Å². The van der Waals surface area contributed by atoms with Gasteiger partial charge in [-0.1, -0.05) is 0 Å². The van der Waals surface area contributed by atoms with Crippen molar-refractivity contribution >= 4 is 23.3 Å². The van der Waals surface area contributed by atoms with E-state index in [2.05, 4.69) is 5.32 Å². The maximum atomic E-state index is 12.3. The number of amides is 1. The topological polar surface area (TPSA) is 139 Å². The molecular weight excluding hydrogens is 332 g/mol. The number of carbonyl (C=O) groups is 2. The molecule has 2 aromatic rings. The molecule has 0 aliphatic carbocycles. The van der Waals surface area contributed by atoms with Crippen LogP contribution in [0.2, 0.25) is 0 Å². The number of rotatable bonds is 5. The molecule has 2 rings (SSSR count). The van der Waals surface area contributed by atoms with Crippen LogP contribution < -0.4 is 10.1 Å². The van der Waals surface area contributed by atoms with E-state index < -0.39 is 22.5 Å². The Balaban J connectivity index is 2.36. The van der Waals surface area contributed by atoms with Gasteiger partial charge in [0.1, 0.15) is 11.3 Å². The number of hydrogen-bond donors (Lipinski definition) is 3. The number of nitro groups is 1. The Morgan fingerprint density at radius 3 is 2.48 bits per heavy atom. The quantitative estimate of drug-likeness (QED) is 0.429. The number of carboxylic acid groups (broad SMARTS) is 1. The van der Waals surface area contributed by atoms with Crippen molar-refractivity contribution in [3.63, 3.8) is 0 Å². The maximum absolute atomic E-state index is 12.3. The van der Waals surface area contributed by atoms with Crippen LogP contribution in [-0.2, 0) is 0 Å². The summed E-state index contributed by atoms with van der Waals surface area (Å²) in [4.78, 5) is 33.7. The zero-order valence-corrected chi connectivity index (χ0v) is 13.3. The molecule has 0 spiro atoms. The van der Waals surface area contributed by atoms with Crippen molar-refractivity contribution in [2.45, 2.75) is 6.92 Å². The summed E-state index contributed by atoms with van der Waals surface area (Å²) in [6.07, 6.45) is 0. The fourth-order valence-corrected chi connectivity index (χ4v) is 2.19. The number of ether oxygens (including phenoxy) is 1. The van der Waals surface area contributed by atoms with Gasteiger partial charge in [0.2, 0.25) is 0 Å². The summed E-state index contributed by atoms with van der Waals surface area (Å²) >= 11 is 0. The van der Waals surface area contributed by atoms with E-state index in [9.17, 15) is 24.8 Å². The van der Waals surface area contributed by atoms with Gasteiger partial charge in [-0.15, -0.1) is 0 Å². The Bertz CT molecular complexity index is 877. The first-order chi connectivity index (χ1) is 11.7. The summed E-state index contributed by atoms with van der Waals surface area (Å²) < 4.78 is 4.86. The van der Waals surface area contributed by atoms with E-state index in [0.717, 1.165) is 12.1 Å². The number of hydrogen-bond acceptors (Lipinski definition) is 6. The van der Waals surface area contributed by atoms with Crippen molar-refractivity contribution in [3.05, 3.63) is 57.1 Å². The summed E-state index contributed by atoms with van der Waals surface area (Å²) in [7, 11) is 1.27. The lowest BCUT2D eigenvalue weighted by atomic mass is 10.1. The highest BCUT2D eigenvalue weighted by molar-refractivity contribution is 6.05. The van der Waals surface area contributed by atoms with Gasteiger partial charge in [-0.05, 0) is 36.8 Å². The molecule has 25 heavy (non-hydrogen) atoms. The molecule has 130 valence electrons. The lowest BCUT2D eigenvalue weighted by Gasteiger charge is -2.10. The standard InChI is InChI=1S/C16H14N2O7/c1-8-5-10(7-11(14(8)19)16(21)22)17-15(20)9-3-4-13(25-2)12(6-9)18(23)24/h3-7,19H,1-2H3,(H,17,20)(H,21,22). The number of benzene rings is 2. The number of phenols is 1. The van der Waals surface area contributed by atoms with E-state index in [1.807, 2.05) is 0 Å². The number of aromatic hydroxyl groups is 1. The minimum absolute atomic E-state index is 0.00453. The number of aromatic carboxylic acids is 1. The summed E-state index contributed by atoms with van der Waals surface area (Å²) in [6, 6.07) is 6.17. The van der Waals surface area contributed by atoms with Crippen molar-refractivity contribution in [1.29, 1.82) is 0 Å². The monoisotopic (exact) mass is 346 g/mol. The van der Waals surface area contributed by atoms with Gasteiger partial charge in [0.05, 0.1) is 12.0 Å². The number of methoxy groups -OCH3 is 1. The van der Waals surface area contributed by atoms with Crippen LogP contribution in [0.4, 0.5) is 11.4 Å². The third-order valence-electron chi connectivity index (χ3n) is 3.43. The predicted octanol–water partition coefficient (Wildman–Crippen LogP) is 2.57. The molecule has 0 atom stereocenters. The normalized spacial score (nSPS) is 10.2. The first-order valence-electron chi connectivity index (χ1n) is 6.95. The van der Waals surface area contributed by atoms with Crippen molar-refractivity contribution in [2.24, 2.45) is 0 Å². The molecule has 9 nitrogen and oxygen atoms in total. The van der Waals surface area contributed by atoms with Crippen LogP contribution in [0.25, 0.3) is 0 Å². The molecule has 0 unspecified atom stereocenters. The minimum atomic E-state index is -1.35. The molecule has 0 aliphatic rings. The molecule has 0 bridgehead atoms. The fourth-order valence-electron chi connectivity index (χ4n) is 2.19. The average molecular weight is 346 g/mol. The summed E-state index contributed by atoms with van der Waals surface area (Å²) in [5.41, 5.74) is -0.346. The second kappa shape index (κ2) is 6.87. The molecular formula is C16H14N2O7. The van der Waals surface area contributed by atoms with E-state index >= 15 is 0 Å². The van der Waals surface area contributed by atoms with E-state index in [4.69, 9.17) is 9.84 Å². The Morgan fingerprint density at radius 2 is 1.92 bits per heavy atom. The number of carboxylic acids is 1.